The number of rotatable bonds is 7. The Kier molecular flexibility index (Phi) is 6.64. The second-order valence-electron chi connectivity index (χ2n) is 4.70. The first-order chi connectivity index (χ1) is 9.79. The van der Waals surface area contributed by atoms with Gasteiger partial charge in [-0.2, -0.15) is 0 Å². The molecule has 1 unspecified atom stereocenters. The molecule has 7 heteroatoms. The fraction of sp³-hybridized carbons (Fsp3) is 0.500. The minimum Gasteiger partial charge on any atom is -0.459 e. The van der Waals surface area contributed by atoms with Crippen molar-refractivity contribution in [2.75, 3.05) is 7.11 Å². The van der Waals surface area contributed by atoms with Gasteiger partial charge in [-0.1, -0.05) is 19.4 Å². The Bertz CT molecular complexity index is 597. The largest absolute Gasteiger partial charge is 0.459 e. The molecule has 0 N–H and O–H groups in total. The van der Waals surface area contributed by atoms with Gasteiger partial charge in [-0.3, -0.25) is 0 Å². The molecule has 0 heterocycles. The van der Waals surface area contributed by atoms with E-state index < -0.39 is 15.0 Å². The van der Waals surface area contributed by atoms with E-state index in [0.717, 1.165) is 12.8 Å². The van der Waals surface area contributed by atoms with Gasteiger partial charge in [-0.15, -0.1) is 0 Å². The van der Waals surface area contributed by atoms with Crippen LogP contribution in [0.3, 0.4) is 0 Å². The number of carbonyl (C=O) groups is 1. The number of esters is 1. The predicted molar refractivity (Wildman–Crippen MR) is 80.0 cm³/mol. The third-order valence-electron chi connectivity index (χ3n) is 2.87. The summed E-state index contributed by atoms with van der Waals surface area (Å²) in [5.41, 5.74) is 0.544. The van der Waals surface area contributed by atoms with Crippen molar-refractivity contribution in [1.82, 2.24) is 0 Å². The number of benzene rings is 1. The standard InChI is InChI=1S/C14H19ClO5S/c1-4-5-10(2)20-14(16)11-6-7-12(9-19-3)13(8-11)21(15,17)18/h6-8,10H,4-5,9H2,1-3H3. The summed E-state index contributed by atoms with van der Waals surface area (Å²) >= 11 is 0. The molecular weight excluding hydrogens is 316 g/mol. The van der Waals surface area contributed by atoms with E-state index in [1.807, 2.05) is 6.92 Å². The zero-order valence-electron chi connectivity index (χ0n) is 12.3. The second-order valence-corrected chi connectivity index (χ2v) is 7.23. The number of ether oxygens (including phenoxy) is 2. The van der Waals surface area contributed by atoms with Crippen molar-refractivity contribution in [1.29, 1.82) is 0 Å². The summed E-state index contributed by atoms with van der Waals surface area (Å²) in [5.74, 6) is -0.568. The lowest BCUT2D eigenvalue weighted by Crippen LogP contribution is -2.15. The fourth-order valence-corrected chi connectivity index (χ4v) is 3.04. The average Bonchev–Trinajstić information content (AvgIpc) is 2.38. The molecule has 1 aromatic carbocycles. The van der Waals surface area contributed by atoms with Crippen LogP contribution in [0.1, 0.15) is 42.6 Å². The molecule has 0 amide bonds. The Morgan fingerprint density at radius 1 is 1.38 bits per heavy atom. The third-order valence-corrected chi connectivity index (χ3v) is 4.27. The molecule has 1 rings (SSSR count). The molecule has 5 nitrogen and oxygen atoms in total. The summed E-state index contributed by atoms with van der Waals surface area (Å²) in [5, 5.41) is 0. The summed E-state index contributed by atoms with van der Waals surface area (Å²) in [6.45, 7) is 3.87. The number of hydrogen-bond acceptors (Lipinski definition) is 5. The smallest absolute Gasteiger partial charge is 0.338 e. The molecule has 21 heavy (non-hydrogen) atoms. The Morgan fingerprint density at radius 2 is 2.05 bits per heavy atom. The first-order valence-corrected chi connectivity index (χ1v) is 8.88. The summed E-state index contributed by atoms with van der Waals surface area (Å²) in [6.07, 6.45) is 1.41. The summed E-state index contributed by atoms with van der Waals surface area (Å²) in [4.78, 5) is 11.9. The van der Waals surface area contributed by atoms with Crippen LogP contribution in [0.15, 0.2) is 23.1 Å². The van der Waals surface area contributed by atoms with Gasteiger partial charge < -0.3 is 9.47 Å². The van der Waals surface area contributed by atoms with Gasteiger partial charge in [0.15, 0.2) is 0 Å². The predicted octanol–water partition coefficient (Wildman–Crippen LogP) is 3.11. The molecule has 0 aliphatic carbocycles. The normalized spacial score (nSPS) is 13.0. The molecule has 0 saturated heterocycles. The lowest BCUT2D eigenvalue weighted by atomic mass is 10.1. The lowest BCUT2D eigenvalue weighted by molar-refractivity contribution is 0.0323. The molecule has 0 bridgehead atoms. The van der Waals surface area contributed by atoms with Gasteiger partial charge in [-0.25, -0.2) is 13.2 Å². The lowest BCUT2D eigenvalue weighted by Gasteiger charge is -2.13. The number of halogens is 1. The maximum atomic E-state index is 12.0. The Balaban J connectivity index is 3.08. The minimum absolute atomic E-state index is 0.0862. The quantitative estimate of drug-likeness (QED) is 0.566. The molecular formula is C14H19ClO5S. The minimum atomic E-state index is -3.97. The van der Waals surface area contributed by atoms with Crippen molar-refractivity contribution in [2.24, 2.45) is 0 Å². The van der Waals surface area contributed by atoms with Crippen molar-refractivity contribution in [3.63, 3.8) is 0 Å². The topological polar surface area (TPSA) is 69.7 Å². The summed E-state index contributed by atoms with van der Waals surface area (Å²) in [7, 11) is 2.87. The Morgan fingerprint density at radius 3 is 2.57 bits per heavy atom. The third kappa shape index (κ3) is 5.30. The van der Waals surface area contributed by atoms with Crippen LogP contribution in [0, 0.1) is 0 Å². The van der Waals surface area contributed by atoms with Crippen LogP contribution in [0.5, 0.6) is 0 Å². The van der Waals surface area contributed by atoms with Crippen molar-refractivity contribution < 1.29 is 22.7 Å². The first-order valence-electron chi connectivity index (χ1n) is 6.57. The van der Waals surface area contributed by atoms with Crippen molar-refractivity contribution in [2.45, 2.75) is 44.3 Å². The monoisotopic (exact) mass is 334 g/mol. The van der Waals surface area contributed by atoms with Crippen molar-refractivity contribution in [3.8, 4) is 0 Å². The summed E-state index contributed by atoms with van der Waals surface area (Å²) in [6, 6.07) is 4.22. The molecule has 0 aliphatic heterocycles. The molecule has 0 aromatic heterocycles. The molecule has 0 radical (unpaired) electrons. The molecule has 1 atom stereocenters. The van der Waals surface area contributed by atoms with Gasteiger partial charge >= 0.3 is 5.97 Å². The highest BCUT2D eigenvalue weighted by Crippen LogP contribution is 2.23. The second kappa shape index (κ2) is 7.77. The molecule has 1 aromatic rings. The molecule has 0 fully saturated rings. The van der Waals surface area contributed by atoms with Gasteiger partial charge in [0, 0.05) is 17.8 Å². The van der Waals surface area contributed by atoms with E-state index in [1.165, 1.54) is 25.3 Å². The van der Waals surface area contributed by atoms with E-state index in [0.29, 0.717) is 5.56 Å². The van der Waals surface area contributed by atoms with Crippen LogP contribution < -0.4 is 0 Å². The zero-order valence-corrected chi connectivity index (χ0v) is 13.8. The summed E-state index contributed by atoms with van der Waals surface area (Å²) < 4.78 is 33.3. The number of methoxy groups -OCH3 is 1. The van der Waals surface area contributed by atoms with Gasteiger partial charge in [0.2, 0.25) is 0 Å². The maximum Gasteiger partial charge on any atom is 0.338 e. The van der Waals surface area contributed by atoms with Gasteiger partial charge in [0.1, 0.15) is 0 Å². The number of carbonyl (C=O) groups excluding carboxylic acids is 1. The van der Waals surface area contributed by atoms with E-state index in [-0.39, 0.29) is 23.2 Å². The van der Waals surface area contributed by atoms with Gasteiger partial charge in [0.05, 0.1) is 23.2 Å². The van der Waals surface area contributed by atoms with Crippen LogP contribution in [-0.2, 0) is 25.1 Å². The van der Waals surface area contributed by atoms with E-state index in [9.17, 15) is 13.2 Å². The van der Waals surface area contributed by atoms with E-state index in [1.54, 1.807) is 6.92 Å². The van der Waals surface area contributed by atoms with E-state index in [4.69, 9.17) is 20.2 Å². The highest BCUT2D eigenvalue weighted by atomic mass is 35.7. The van der Waals surface area contributed by atoms with Crippen LogP contribution in [0.2, 0.25) is 0 Å². The highest BCUT2D eigenvalue weighted by molar-refractivity contribution is 8.13. The fourth-order valence-electron chi connectivity index (χ4n) is 1.90. The molecule has 0 saturated carbocycles. The van der Waals surface area contributed by atoms with Crippen LogP contribution >= 0.6 is 10.7 Å². The highest BCUT2D eigenvalue weighted by Gasteiger charge is 2.20. The van der Waals surface area contributed by atoms with Crippen molar-refractivity contribution >= 4 is 25.7 Å². The molecule has 118 valence electrons. The maximum absolute atomic E-state index is 12.0. The van der Waals surface area contributed by atoms with E-state index in [2.05, 4.69) is 0 Å². The first kappa shape index (κ1) is 17.9. The van der Waals surface area contributed by atoms with Crippen LogP contribution in [0.25, 0.3) is 0 Å². The average molecular weight is 335 g/mol. The van der Waals surface area contributed by atoms with Crippen molar-refractivity contribution in [3.05, 3.63) is 29.3 Å². The molecule has 0 spiro atoms. The molecule has 0 aliphatic rings. The van der Waals surface area contributed by atoms with Crippen LogP contribution in [-0.4, -0.2) is 27.6 Å². The SMILES string of the molecule is CCCC(C)OC(=O)c1ccc(COC)c(S(=O)(=O)Cl)c1. The van der Waals surface area contributed by atoms with E-state index >= 15 is 0 Å². The number of hydrogen-bond donors (Lipinski definition) is 0. The van der Waals surface area contributed by atoms with Gasteiger partial charge in [-0.05, 0) is 31.0 Å². The Labute approximate surface area is 129 Å². The Hall–Kier alpha value is -1.11. The van der Waals surface area contributed by atoms with Crippen LogP contribution in [0.4, 0.5) is 0 Å². The van der Waals surface area contributed by atoms with Gasteiger partial charge in [0.25, 0.3) is 9.05 Å². The zero-order chi connectivity index (χ0) is 16.0.